The van der Waals surface area contributed by atoms with Crippen molar-refractivity contribution in [1.82, 2.24) is 4.90 Å². The number of hydrogen-bond acceptors (Lipinski definition) is 4. The number of aliphatic hydroxyl groups is 1. The fourth-order valence-corrected chi connectivity index (χ4v) is 3.53. The zero-order valence-electron chi connectivity index (χ0n) is 15.3. The van der Waals surface area contributed by atoms with Gasteiger partial charge in [-0.3, -0.25) is 4.79 Å². The van der Waals surface area contributed by atoms with Gasteiger partial charge in [0.05, 0.1) is 0 Å². The van der Waals surface area contributed by atoms with Crippen LogP contribution in [0.3, 0.4) is 0 Å². The molecule has 0 saturated heterocycles. The van der Waals surface area contributed by atoms with Gasteiger partial charge < -0.3 is 14.7 Å². The minimum absolute atomic E-state index is 0.00428. The Morgan fingerprint density at radius 1 is 1.08 bits per heavy atom. The van der Waals surface area contributed by atoms with Crippen molar-refractivity contribution in [2.75, 3.05) is 20.2 Å². The van der Waals surface area contributed by atoms with E-state index in [4.69, 9.17) is 4.74 Å². The number of rotatable bonds is 8. The Hall–Kier alpha value is -2.17. The van der Waals surface area contributed by atoms with Crippen molar-refractivity contribution in [3.8, 4) is 5.75 Å². The Kier molecular flexibility index (Phi) is 6.42. The summed E-state index contributed by atoms with van der Waals surface area (Å²) in [6.45, 7) is 0.873. The molecule has 0 bridgehead atoms. The van der Waals surface area contributed by atoms with Crippen LogP contribution in [0, 0.1) is 0 Å². The molecule has 3 rings (SSSR count). The first kappa shape index (κ1) is 18.6. The topological polar surface area (TPSA) is 49.8 Å². The molecule has 1 saturated carbocycles. The molecule has 1 aliphatic rings. The van der Waals surface area contributed by atoms with Crippen LogP contribution in [-0.4, -0.2) is 48.1 Å². The second-order valence-electron chi connectivity index (χ2n) is 7.06. The Labute approximate surface area is 155 Å². The van der Waals surface area contributed by atoms with Crippen LogP contribution in [0.25, 0.3) is 0 Å². The standard InChI is InChI=1S/C22H27NO3/c1-23(19-9-5-6-10-19)15-20(24)16-26-21-13-11-18(12-14-21)22(25)17-7-3-2-4-8-17/h2-4,7-8,11-14,19-20,24H,5-6,9-10,15-16H2,1H3. The van der Waals surface area contributed by atoms with E-state index in [1.165, 1.54) is 25.7 Å². The van der Waals surface area contributed by atoms with Crippen molar-refractivity contribution in [3.05, 3.63) is 65.7 Å². The van der Waals surface area contributed by atoms with Gasteiger partial charge >= 0.3 is 0 Å². The van der Waals surface area contributed by atoms with Crippen LogP contribution in [0.1, 0.15) is 41.6 Å². The van der Waals surface area contributed by atoms with Gasteiger partial charge in [0.25, 0.3) is 0 Å². The van der Waals surface area contributed by atoms with Crippen LogP contribution >= 0.6 is 0 Å². The first-order chi connectivity index (χ1) is 12.6. The van der Waals surface area contributed by atoms with Crippen molar-refractivity contribution < 1.29 is 14.6 Å². The van der Waals surface area contributed by atoms with Gasteiger partial charge in [-0.15, -0.1) is 0 Å². The van der Waals surface area contributed by atoms with Gasteiger partial charge in [0.15, 0.2) is 5.78 Å². The van der Waals surface area contributed by atoms with Crippen LogP contribution in [0.2, 0.25) is 0 Å². The van der Waals surface area contributed by atoms with Gasteiger partial charge in [0.2, 0.25) is 0 Å². The monoisotopic (exact) mass is 353 g/mol. The van der Waals surface area contributed by atoms with Gasteiger partial charge in [-0.25, -0.2) is 0 Å². The fourth-order valence-electron chi connectivity index (χ4n) is 3.53. The van der Waals surface area contributed by atoms with E-state index in [1.54, 1.807) is 24.3 Å². The number of ketones is 1. The molecule has 4 heteroatoms. The van der Waals surface area contributed by atoms with E-state index in [0.29, 0.717) is 29.5 Å². The van der Waals surface area contributed by atoms with Crippen molar-refractivity contribution in [1.29, 1.82) is 0 Å². The largest absolute Gasteiger partial charge is 0.491 e. The third kappa shape index (κ3) is 4.93. The van der Waals surface area contributed by atoms with Crippen molar-refractivity contribution >= 4 is 5.78 Å². The fraction of sp³-hybridized carbons (Fsp3) is 0.409. The number of carbonyl (C=O) groups excluding carboxylic acids is 1. The van der Waals surface area contributed by atoms with Gasteiger partial charge in [-0.05, 0) is 44.2 Å². The van der Waals surface area contributed by atoms with E-state index in [2.05, 4.69) is 11.9 Å². The van der Waals surface area contributed by atoms with Crippen LogP contribution in [0.15, 0.2) is 54.6 Å². The SMILES string of the molecule is CN(CC(O)COc1ccc(C(=O)c2ccccc2)cc1)C1CCCC1. The van der Waals surface area contributed by atoms with Crippen LogP contribution < -0.4 is 4.74 Å². The summed E-state index contributed by atoms with van der Waals surface area (Å²) in [4.78, 5) is 14.6. The Morgan fingerprint density at radius 2 is 1.69 bits per heavy atom. The number of ether oxygens (including phenoxy) is 1. The molecule has 1 aliphatic carbocycles. The average molecular weight is 353 g/mol. The summed E-state index contributed by atoms with van der Waals surface area (Å²) in [5.74, 6) is 0.660. The third-order valence-electron chi connectivity index (χ3n) is 5.04. The Bertz CT molecular complexity index is 693. The summed E-state index contributed by atoms with van der Waals surface area (Å²) < 4.78 is 5.68. The molecule has 1 unspecified atom stereocenters. The second kappa shape index (κ2) is 8.97. The number of benzene rings is 2. The number of aliphatic hydroxyl groups excluding tert-OH is 1. The van der Waals surface area contributed by atoms with Gasteiger partial charge in [0.1, 0.15) is 18.5 Å². The number of hydrogen-bond donors (Lipinski definition) is 1. The molecule has 138 valence electrons. The summed E-state index contributed by atoms with van der Waals surface area (Å²) in [7, 11) is 2.07. The minimum atomic E-state index is -0.522. The molecule has 0 heterocycles. The quantitative estimate of drug-likeness (QED) is 0.738. The first-order valence-corrected chi connectivity index (χ1v) is 9.34. The molecule has 0 aliphatic heterocycles. The number of carbonyl (C=O) groups is 1. The average Bonchev–Trinajstić information content (AvgIpc) is 3.22. The number of likely N-dealkylation sites (N-methyl/N-ethyl adjacent to an activating group) is 1. The summed E-state index contributed by atoms with van der Waals surface area (Å²) in [6.07, 6.45) is 4.50. The highest BCUT2D eigenvalue weighted by atomic mass is 16.5. The lowest BCUT2D eigenvalue weighted by atomic mass is 10.0. The zero-order chi connectivity index (χ0) is 18.4. The molecular weight excluding hydrogens is 326 g/mol. The summed E-state index contributed by atoms with van der Waals surface area (Å²) in [6, 6.07) is 16.9. The molecule has 2 aromatic carbocycles. The van der Waals surface area contributed by atoms with Gasteiger partial charge in [-0.1, -0.05) is 43.2 Å². The normalized spacial score (nSPS) is 16.0. The van der Waals surface area contributed by atoms with Crippen LogP contribution in [0.5, 0.6) is 5.75 Å². The molecule has 0 spiro atoms. The molecule has 26 heavy (non-hydrogen) atoms. The van der Waals surface area contributed by atoms with E-state index in [9.17, 15) is 9.90 Å². The summed E-state index contributed by atoms with van der Waals surface area (Å²) in [5, 5.41) is 10.2. The Morgan fingerprint density at radius 3 is 2.35 bits per heavy atom. The Balaban J connectivity index is 1.49. The third-order valence-corrected chi connectivity index (χ3v) is 5.04. The maximum atomic E-state index is 12.4. The van der Waals surface area contributed by atoms with Gasteiger partial charge in [0, 0.05) is 23.7 Å². The second-order valence-corrected chi connectivity index (χ2v) is 7.06. The van der Waals surface area contributed by atoms with E-state index < -0.39 is 6.10 Å². The van der Waals surface area contributed by atoms with E-state index in [-0.39, 0.29) is 12.4 Å². The summed E-state index contributed by atoms with van der Waals surface area (Å²) >= 11 is 0. The summed E-state index contributed by atoms with van der Waals surface area (Å²) in [5.41, 5.74) is 1.30. The molecule has 2 aromatic rings. The maximum absolute atomic E-state index is 12.4. The minimum Gasteiger partial charge on any atom is -0.491 e. The highest BCUT2D eigenvalue weighted by Gasteiger charge is 2.21. The first-order valence-electron chi connectivity index (χ1n) is 9.34. The maximum Gasteiger partial charge on any atom is 0.193 e. The highest BCUT2D eigenvalue weighted by Crippen LogP contribution is 2.22. The molecule has 0 amide bonds. The zero-order valence-corrected chi connectivity index (χ0v) is 15.3. The van der Waals surface area contributed by atoms with E-state index in [1.807, 2.05) is 30.3 Å². The predicted octanol–water partition coefficient (Wildman–Crippen LogP) is 3.53. The number of nitrogens with zero attached hydrogens (tertiary/aromatic N) is 1. The van der Waals surface area contributed by atoms with Crippen molar-refractivity contribution in [2.45, 2.75) is 37.8 Å². The van der Waals surface area contributed by atoms with E-state index >= 15 is 0 Å². The highest BCUT2D eigenvalue weighted by molar-refractivity contribution is 6.08. The van der Waals surface area contributed by atoms with Crippen LogP contribution in [-0.2, 0) is 0 Å². The molecule has 0 aromatic heterocycles. The smallest absolute Gasteiger partial charge is 0.193 e. The molecule has 1 fully saturated rings. The predicted molar refractivity (Wildman–Crippen MR) is 103 cm³/mol. The van der Waals surface area contributed by atoms with Crippen molar-refractivity contribution in [2.24, 2.45) is 0 Å². The lowest BCUT2D eigenvalue weighted by Crippen LogP contribution is -2.38. The van der Waals surface area contributed by atoms with Gasteiger partial charge in [-0.2, -0.15) is 0 Å². The molecule has 1 N–H and O–H groups in total. The lowest BCUT2D eigenvalue weighted by molar-refractivity contribution is 0.0638. The molecule has 4 nitrogen and oxygen atoms in total. The van der Waals surface area contributed by atoms with E-state index in [0.717, 1.165) is 0 Å². The molecular formula is C22H27NO3. The molecule has 0 radical (unpaired) electrons. The molecule has 1 atom stereocenters. The van der Waals surface area contributed by atoms with Crippen molar-refractivity contribution in [3.63, 3.8) is 0 Å². The lowest BCUT2D eigenvalue weighted by Gasteiger charge is -2.26. The van der Waals surface area contributed by atoms with Crippen LogP contribution in [0.4, 0.5) is 0 Å².